The minimum absolute atomic E-state index is 0.523. The SMILES string of the molecule is Cc1cc(NC2CCCCC2)nc(Nc2cc(C)on2)n1. The second-order valence-electron chi connectivity index (χ2n) is 5.65. The van der Waals surface area contributed by atoms with Crippen LogP contribution in [0, 0.1) is 13.8 Å². The lowest BCUT2D eigenvalue weighted by Crippen LogP contribution is -2.23. The molecule has 1 fully saturated rings. The largest absolute Gasteiger partial charge is 0.367 e. The van der Waals surface area contributed by atoms with Gasteiger partial charge in [0.25, 0.3) is 0 Å². The molecular formula is C15H21N5O. The van der Waals surface area contributed by atoms with Crippen LogP contribution < -0.4 is 10.6 Å². The van der Waals surface area contributed by atoms with Gasteiger partial charge in [0.15, 0.2) is 5.82 Å². The summed E-state index contributed by atoms with van der Waals surface area (Å²) in [6.07, 6.45) is 6.37. The Morgan fingerprint density at radius 3 is 2.57 bits per heavy atom. The van der Waals surface area contributed by atoms with E-state index in [2.05, 4.69) is 25.8 Å². The number of anilines is 3. The lowest BCUT2D eigenvalue weighted by molar-refractivity contribution is 0.400. The van der Waals surface area contributed by atoms with E-state index in [1.165, 1.54) is 32.1 Å². The van der Waals surface area contributed by atoms with E-state index in [-0.39, 0.29) is 0 Å². The van der Waals surface area contributed by atoms with Crippen molar-refractivity contribution in [3.8, 4) is 0 Å². The van der Waals surface area contributed by atoms with E-state index >= 15 is 0 Å². The Balaban J connectivity index is 1.72. The van der Waals surface area contributed by atoms with E-state index in [1.54, 1.807) is 0 Å². The van der Waals surface area contributed by atoms with Crippen molar-refractivity contribution in [2.75, 3.05) is 10.6 Å². The van der Waals surface area contributed by atoms with Gasteiger partial charge in [-0.1, -0.05) is 24.4 Å². The first-order chi connectivity index (χ1) is 10.2. The van der Waals surface area contributed by atoms with Crippen molar-refractivity contribution in [1.82, 2.24) is 15.1 Å². The van der Waals surface area contributed by atoms with Crippen LogP contribution in [0.1, 0.15) is 43.6 Å². The molecule has 2 aromatic heterocycles. The lowest BCUT2D eigenvalue weighted by Gasteiger charge is -2.23. The molecule has 1 aliphatic rings. The summed E-state index contributed by atoms with van der Waals surface area (Å²) in [5, 5.41) is 10.5. The maximum Gasteiger partial charge on any atom is 0.230 e. The van der Waals surface area contributed by atoms with E-state index in [4.69, 9.17) is 4.52 Å². The van der Waals surface area contributed by atoms with Gasteiger partial charge < -0.3 is 15.2 Å². The van der Waals surface area contributed by atoms with Crippen LogP contribution in [-0.4, -0.2) is 21.2 Å². The van der Waals surface area contributed by atoms with Crippen LogP contribution in [0.2, 0.25) is 0 Å². The molecule has 2 aromatic rings. The minimum atomic E-state index is 0.523. The van der Waals surface area contributed by atoms with Crippen LogP contribution in [0.4, 0.5) is 17.6 Å². The highest BCUT2D eigenvalue weighted by molar-refractivity contribution is 5.51. The Bertz CT molecular complexity index is 604. The lowest BCUT2D eigenvalue weighted by atomic mass is 9.95. The van der Waals surface area contributed by atoms with Gasteiger partial charge in [0, 0.05) is 23.9 Å². The highest BCUT2D eigenvalue weighted by Gasteiger charge is 2.14. The standard InChI is InChI=1S/C15H21N5O/c1-10-8-13(17-12-6-4-3-5-7-12)18-15(16-10)19-14-9-11(2)21-20-14/h8-9,12H,3-7H2,1-2H3,(H2,16,17,18,19,20). The van der Waals surface area contributed by atoms with Crippen LogP contribution >= 0.6 is 0 Å². The van der Waals surface area contributed by atoms with Crippen LogP contribution in [-0.2, 0) is 0 Å². The summed E-state index contributed by atoms with van der Waals surface area (Å²) < 4.78 is 5.04. The van der Waals surface area contributed by atoms with Gasteiger partial charge in [-0.2, -0.15) is 4.98 Å². The fraction of sp³-hybridized carbons (Fsp3) is 0.533. The van der Waals surface area contributed by atoms with E-state index in [0.29, 0.717) is 17.8 Å². The van der Waals surface area contributed by atoms with Gasteiger partial charge in [0.05, 0.1) is 0 Å². The molecule has 1 saturated carbocycles. The first-order valence-electron chi connectivity index (χ1n) is 7.51. The van der Waals surface area contributed by atoms with Gasteiger partial charge in [-0.05, 0) is 26.7 Å². The molecule has 0 radical (unpaired) electrons. The van der Waals surface area contributed by atoms with Gasteiger partial charge >= 0.3 is 0 Å². The number of hydrogen-bond donors (Lipinski definition) is 2. The fourth-order valence-corrected chi connectivity index (χ4v) is 2.69. The molecule has 0 bridgehead atoms. The molecule has 112 valence electrons. The van der Waals surface area contributed by atoms with Gasteiger partial charge in [0.1, 0.15) is 11.6 Å². The molecule has 3 rings (SSSR count). The van der Waals surface area contributed by atoms with Gasteiger partial charge in [-0.25, -0.2) is 4.98 Å². The molecule has 0 atom stereocenters. The summed E-state index contributed by atoms with van der Waals surface area (Å²) in [5.41, 5.74) is 0.922. The van der Waals surface area contributed by atoms with Crippen molar-refractivity contribution in [3.63, 3.8) is 0 Å². The topological polar surface area (TPSA) is 75.9 Å². The van der Waals surface area contributed by atoms with Crippen molar-refractivity contribution in [1.29, 1.82) is 0 Å². The number of nitrogens with one attached hydrogen (secondary N) is 2. The molecule has 0 unspecified atom stereocenters. The predicted octanol–water partition coefficient (Wildman–Crippen LogP) is 3.57. The van der Waals surface area contributed by atoms with Gasteiger partial charge in [-0.3, -0.25) is 0 Å². The highest BCUT2D eigenvalue weighted by Crippen LogP contribution is 2.22. The molecule has 0 aromatic carbocycles. The van der Waals surface area contributed by atoms with Crippen molar-refractivity contribution in [2.24, 2.45) is 0 Å². The summed E-state index contributed by atoms with van der Waals surface area (Å²) in [6, 6.07) is 4.32. The summed E-state index contributed by atoms with van der Waals surface area (Å²) in [6.45, 7) is 3.82. The van der Waals surface area contributed by atoms with Gasteiger partial charge in [0.2, 0.25) is 5.95 Å². The first-order valence-corrected chi connectivity index (χ1v) is 7.51. The monoisotopic (exact) mass is 287 g/mol. The predicted molar refractivity (Wildman–Crippen MR) is 81.8 cm³/mol. The maximum absolute atomic E-state index is 5.04. The van der Waals surface area contributed by atoms with E-state index in [9.17, 15) is 0 Å². The Kier molecular flexibility index (Phi) is 4.03. The molecule has 2 heterocycles. The molecular weight excluding hydrogens is 266 g/mol. The van der Waals surface area contributed by atoms with E-state index < -0.39 is 0 Å². The summed E-state index contributed by atoms with van der Waals surface area (Å²) >= 11 is 0. The third-order valence-corrected chi connectivity index (χ3v) is 3.68. The van der Waals surface area contributed by atoms with E-state index in [1.807, 2.05) is 26.0 Å². The number of rotatable bonds is 4. The van der Waals surface area contributed by atoms with Crippen molar-refractivity contribution >= 4 is 17.6 Å². The highest BCUT2D eigenvalue weighted by atomic mass is 16.5. The second kappa shape index (κ2) is 6.11. The Morgan fingerprint density at radius 1 is 1.05 bits per heavy atom. The molecule has 6 heteroatoms. The van der Waals surface area contributed by atoms with Crippen LogP contribution in [0.5, 0.6) is 0 Å². The van der Waals surface area contributed by atoms with Crippen molar-refractivity contribution in [2.45, 2.75) is 52.0 Å². The minimum Gasteiger partial charge on any atom is -0.367 e. The Hall–Kier alpha value is -2.11. The quantitative estimate of drug-likeness (QED) is 0.895. The zero-order valence-corrected chi connectivity index (χ0v) is 12.5. The first kappa shape index (κ1) is 13.9. The number of aryl methyl sites for hydroxylation is 2. The fourth-order valence-electron chi connectivity index (χ4n) is 2.69. The molecule has 21 heavy (non-hydrogen) atoms. The number of hydrogen-bond acceptors (Lipinski definition) is 6. The van der Waals surface area contributed by atoms with Crippen LogP contribution in [0.3, 0.4) is 0 Å². The van der Waals surface area contributed by atoms with E-state index in [0.717, 1.165) is 17.3 Å². The average Bonchev–Trinajstić information content (AvgIpc) is 2.84. The third kappa shape index (κ3) is 3.71. The van der Waals surface area contributed by atoms with Crippen LogP contribution in [0.25, 0.3) is 0 Å². The number of nitrogens with zero attached hydrogens (tertiary/aromatic N) is 3. The molecule has 6 nitrogen and oxygen atoms in total. The normalized spacial score (nSPS) is 15.9. The molecule has 0 spiro atoms. The molecule has 0 saturated heterocycles. The van der Waals surface area contributed by atoms with Crippen molar-refractivity contribution < 1.29 is 4.52 Å². The molecule has 1 aliphatic carbocycles. The third-order valence-electron chi connectivity index (χ3n) is 3.68. The zero-order valence-electron chi connectivity index (χ0n) is 12.5. The van der Waals surface area contributed by atoms with Crippen LogP contribution in [0.15, 0.2) is 16.7 Å². The maximum atomic E-state index is 5.04. The molecule has 0 amide bonds. The van der Waals surface area contributed by atoms with Gasteiger partial charge in [-0.15, -0.1) is 0 Å². The smallest absolute Gasteiger partial charge is 0.230 e. The summed E-state index contributed by atoms with van der Waals surface area (Å²) in [7, 11) is 0. The number of aromatic nitrogens is 3. The zero-order chi connectivity index (χ0) is 14.7. The Labute approximate surface area is 124 Å². The average molecular weight is 287 g/mol. The summed E-state index contributed by atoms with van der Waals surface area (Å²) in [5.74, 6) is 2.80. The Morgan fingerprint density at radius 2 is 1.86 bits per heavy atom. The van der Waals surface area contributed by atoms with Crippen molar-refractivity contribution in [3.05, 3.63) is 23.6 Å². The summed E-state index contributed by atoms with van der Waals surface area (Å²) in [4.78, 5) is 8.90. The molecule has 0 aliphatic heterocycles. The molecule has 2 N–H and O–H groups in total. The second-order valence-corrected chi connectivity index (χ2v) is 5.65.